The predicted octanol–water partition coefficient (Wildman–Crippen LogP) is 3.02. The molecule has 47 heavy (non-hydrogen) atoms. The molecule has 2 unspecified atom stereocenters. The van der Waals surface area contributed by atoms with Gasteiger partial charge in [0.2, 0.25) is 0 Å². The smallest absolute Gasteiger partial charge is 0.418 e. The fourth-order valence-corrected chi connectivity index (χ4v) is 39.3. The second-order valence-electron chi connectivity index (χ2n) is 11.5. The van der Waals surface area contributed by atoms with E-state index in [9.17, 15) is 0 Å². The van der Waals surface area contributed by atoms with Gasteiger partial charge in [-0.2, -0.15) is 0 Å². The van der Waals surface area contributed by atoms with E-state index < -0.39 is 70.2 Å². The van der Waals surface area contributed by atoms with Gasteiger partial charge in [-0.25, -0.2) is 0 Å². The van der Waals surface area contributed by atoms with Crippen LogP contribution in [0.1, 0.15) is 0 Å². The molecule has 0 aromatic heterocycles. The SMILES string of the molecule is CO[Si](CC[SiH]1O[Si](C)(CC[Si](OC)(OC)OC)O[Si](C)(CC[Si](OC)(OC)OC)O[Si](C)(CC[Si](OC)(OC)OC)O1)(OC)OC. The first-order chi connectivity index (χ1) is 22.0. The van der Waals surface area contributed by atoms with Crippen molar-refractivity contribution < 1.29 is 69.6 Å². The minimum atomic E-state index is -3.10. The average Bonchev–Trinajstić information content (AvgIpc) is 3.07. The third-order valence-electron chi connectivity index (χ3n) is 8.70. The van der Waals surface area contributed by atoms with E-state index in [0.29, 0.717) is 48.4 Å². The van der Waals surface area contributed by atoms with E-state index in [-0.39, 0.29) is 0 Å². The summed E-state index contributed by atoms with van der Waals surface area (Å²) < 4.78 is 97.8. The van der Waals surface area contributed by atoms with E-state index in [4.69, 9.17) is 69.6 Å². The van der Waals surface area contributed by atoms with Gasteiger partial charge in [-0.15, -0.1) is 0 Å². The Morgan fingerprint density at radius 3 is 0.872 bits per heavy atom. The Morgan fingerprint density at radius 1 is 0.383 bits per heavy atom. The zero-order chi connectivity index (χ0) is 36.0. The molecule has 16 nitrogen and oxygen atoms in total. The maximum atomic E-state index is 7.24. The molecule has 282 valence electrons. The summed E-state index contributed by atoms with van der Waals surface area (Å²) in [4.78, 5) is 0. The summed E-state index contributed by atoms with van der Waals surface area (Å²) in [5, 5.41) is 0. The van der Waals surface area contributed by atoms with Gasteiger partial charge >= 0.3 is 70.2 Å². The van der Waals surface area contributed by atoms with Crippen molar-refractivity contribution in [3.8, 4) is 0 Å². The fraction of sp³-hybridized carbons (Fsp3) is 1.00. The van der Waals surface area contributed by atoms with Gasteiger partial charge in [-0.05, 0) is 43.8 Å². The Labute approximate surface area is 292 Å². The highest BCUT2D eigenvalue weighted by molar-refractivity contribution is 6.91. The van der Waals surface area contributed by atoms with E-state index in [2.05, 4.69) is 19.6 Å². The molecular formula is C23H62O16Si8. The van der Waals surface area contributed by atoms with Crippen LogP contribution in [0.5, 0.6) is 0 Å². The summed E-state index contributed by atoms with van der Waals surface area (Å²) in [6, 6.07) is 4.09. The third-order valence-corrected chi connectivity index (χ3v) is 39.0. The van der Waals surface area contributed by atoms with Gasteiger partial charge in [0.25, 0.3) is 0 Å². The van der Waals surface area contributed by atoms with Crippen molar-refractivity contribution in [2.75, 3.05) is 85.3 Å². The molecule has 1 rings (SSSR count). The summed E-state index contributed by atoms with van der Waals surface area (Å²) in [7, 11) is -4.42. The molecule has 1 fully saturated rings. The van der Waals surface area contributed by atoms with Crippen LogP contribution in [-0.4, -0.2) is 156 Å². The van der Waals surface area contributed by atoms with E-state index in [0.717, 1.165) is 0 Å². The molecule has 1 saturated heterocycles. The van der Waals surface area contributed by atoms with Crippen LogP contribution in [0.2, 0.25) is 68.0 Å². The zero-order valence-corrected chi connectivity index (χ0v) is 39.4. The maximum Gasteiger partial charge on any atom is 0.500 e. The molecule has 0 aliphatic carbocycles. The van der Waals surface area contributed by atoms with Gasteiger partial charge in [0.15, 0.2) is 0 Å². The molecule has 0 aromatic carbocycles. The van der Waals surface area contributed by atoms with Crippen LogP contribution in [-0.2, 0) is 69.6 Å². The second kappa shape index (κ2) is 20.4. The molecule has 0 bridgehead atoms. The van der Waals surface area contributed by atoms with Crippen molar-refractivity contribution in [2.45, 2.75) is 68.0 Å². The highest BCUT2D eigenvalue weighted by atomic mass is 28.5. The molecule has 0 radical (unpaired) electrons. The van der Waals surface area contributed by atoms with Crippen LogP contribution < -0.4 is 0 Å². The van der Waals surface area contributed by atoms with Gasteiger partial charge in [0, 0.05) is 109 Å². The van der Waals surface area contributed by atoms with E-state index in [1.54, 1.807) is 85.3 Å². The summed E-state index contributed by atoms with van der Waals surface area (Å²) >= 11 is 0. The minimum absolute atomic E-state index is 0.485. The zero-order valence-electron chi connectivity index (χ0n) is 31.3. The van der Waals surface area contributed by atoms with Crippen molar-refractivity contribution in [1.82, 2.24) is 0 Å². The van der Waals surface area contributed by atoms with Crippen LogP contribution in [0.4, 0.5) is 0 Å². The Morgan fingerprint density at radius 2 is 0.617 bits per heavy atom. The predicted molar refractivity (Wildman–Crippen MR) is 192 cm³/mol. The standard InChI is InChI=1S/C23H62O16Si8/c1-24-44(25-2,26-3)17-16-40-36-41(13,18-21-45(27-4,28-5)29-6)38-43(15,20-23-47(33-10,34-11)35-12)39-42(14,37-40)19-22-46(30-7,31-8)32-9/h40H,16-23H2,1-15H3. The van der Waals surface area contributed by atoms with Crippen molar-refractivity contribution in [2.24, 2.45) is 0 Å². The first-order valence-electron chi connectivity index (χ1n) is 15.4. The van der Waals surface area contributed by atoms with Gasteiger partial charge < -0.3 is 69.6 Å². The minimum Gasteiger partial charge on any atom is -0.418 e. The average molecular weight is 819 g/mol. The maximum absolute atomic E-state index is 7.24. The molecule has 0 amide bonds. The second-order valence-corrected chi connectivity index (χ2v) is 37.1. The quantitative estimate of drug-likeness (QED) is 0.131. The Hall–Kier alpha value is 1.10. The van der Waals surface area contributed by atoms with Crippen molar-refractivity contribution >= 4 is 70.2 Å². The molecule has 1 aliphatic heterocycles. The van der Waals surface area contributed by atoms with E-state index >= 15 is 0 Å². The highest BCUT2D eigenvalue weighted by Crippen LogP contribution is 2.39. The lowest BCUT2D eigenvalue weighted by molar-refractivity contribution is 0.123. The Balaban J connectivity index is 3.69. The molecule has 1 heterocycles. The van der Waals surface area contributed by atoms with Crippen LogP contribution in [0.3, 0.4) is 0 Å². The third kappa shape index (κ3) is 12.9. The molecule has 0 spiro atoms. The summed E-state index contributed by atoms with van der Waals surface area (Å²) in [6.45, 7) is 6.16. The molecule has 2 atom stereocenters. The first kappa shape index (κ1) is 46.1. The number of hydrogen-bond acceptors (Lipinski definition) is 16. The summed E-state index contributed by atoms with van der Waals surface area (Å²) in [6.07, 6.45) is 0. The van der Waals surface area contributed by atoms with Crippen LogP contribution in [0, 0.1) is 0 Å². The van der Waals surface area contributed by atoms with Gasteiger partial charge in [0.1, 0.15) is 0 Å². The number of hydrogen-bond donors (Lipinski definition) is 0. The largest absolute Gasteiger partial charge is 0.500 e. The monoisotopic (exact) mass is 818 g/mol. The molecular weight excluding hydrogens is 757 g/mol. The van der Waals surface area contributed by atoms with E-state index in [1.165, 1.54) is 0 Å². The van der Waals surface area contributed by atoms with E-state index in [1.807, 2.05) is 0 Å². The van der Waals surface area contributed by atoms with Gasteiger partial charge in [-0.1, -0.05) is 0 Å². The van der Waals surface area contributed by atoms with Crippen LogP contribution >= 0.6 is 0 Å². The fourth-order valence-electron chi connectivity index (χ4n) is 5.66. The molecule has 0 N–H and O–H groups in total. The topological polar surface area (TPSA) is 148 Å². The summed E-state index contributed by atoms with van der Waals surface area (Å²) in [5.74, 6) is 0. The van der Waals surface area contributed by atoms with Crippen molar-refractivity contribution in [3.05, 3.63) is 0 Å². The van der Waals surface area contributed by atoms with Crippen LogP contribution in [0.25, 0.3) is 0 Å². The normalized spacial score (nSPS) is 26.7. The Bertz CT molecular complexity index is 811. The molecule has 0 aromatic rings. The highest BCUT2D eigenvalue weighted by Gasteiger charge is 2.57. The lowest BCUT2D eigenvalue weighted by atomic mass is 10.9. The van der Waals surface area contributed by atoms with Gasteiger partial charge in [0.05, 0.1) is 0 Å². The summed E-state index contributed by atoms with van der Waals surface area (Å²) in [5.41, 5.74) is 0. The molecule has 0 saturated carbocycles. The van der Waals surface area contributed by atoms with Crippen LogP contribution in [0.15, 0.2) is 0 Å². The van der Waals surface area contributed by atoms with Crippen molar-refractivity contribution in [1.29, 1.82) is 0 Å². The lowest BCUT2D eigenvalue weighted by Crippen LogP contribution is -2.65. The molecule has 1 aliphatic rings. The van der Waals surface area contributed by atoms with Gasteiger partial charge in [-0.3, -0.25) is 0 Å². The first-order valence-corrected chi connectivity index (χ1v) is 32.5. The number of rotatable bonds is 24. The Kier molecular flexibility index (Phi) is 20.0. The lowest BCUT2D eigenvalue weighted by Gasteiger charge is -2.48. The molecule has 24 heteroatoms. The van der Waals surface area contributed by atoms with Crippen molar-refractivity contribution in [3.63, 3.8) is 0 Å².